The van der Waals surface area contributed by atoms with E-state index in [9.17, 15) is 10.2 Å². The van der Waals surface area contributed by atoms with Crippen molar-refractivity contribution in [3.63, 3.8) is 0 Å². The molecule has 1 rings (SSSR count). The molecule has 70 valence electrons. The summed E-state index contributed by atoms with van der Waals surface area (Å²) in [6.45, 7) is 4.99. The first-order valence-corrected chi connectivity index (χ1v) is 4.17. The first-order chi connectivity index (χ1) is 6.08. The quantitative estimate of drug-likeness (QED) is 0.691. The molecule has 0 bridgehead atoms. The molecule has 2 nitrogen and oxygen atoms in total. The molecule has 0 aliphatic carbocycles. The van der Waals surface area contributed by atoms with Crippen molar-refractivity contribution in [2.75, 3.05) is 0 Å². The number of aliphatic hydroxyl groups is 2. The van der Waals surface area contributed by atoms with E-state index < -0.39 is 11.7 Å². The second-order valence-corrected chi connectivity index (χ2v) is 3.24. The lowest BCUT2D eigenvalue weighted by atomic mass is 9.93. The summed E-state index contributed by atoms with van der Waals surface area (Å²) >= 11 is 0. The van der Waals surface area contributed by atoms with Crippen LogP contribution < -0.4 is 0 Å². The predicted molar refractivity (Wildman–Crippen MR) is 52.2 cm³/mol. The predicted octanol–water partition coefficient (Wildman–Crippen LogP) is 1.66. The zero-order valence-corrected chi connectivity index (χ0v) is 7.64. The fourth-order valence-corrected chi connectivity index (χ4v) is 1.08. The number of hydrogen-bond donors (Lipinski definition) is 2. The average molecular weight is 178 g/mol. The smallest absolute Gasteiger partial charge is 0.111 e. The number of benzene rings is 1. The summed E-state index contributed by atoms with van der Waals surface area (Å²) in [6, 6.07) is 9.03. The Labute approximate surface area is 78.2 Å². The molecule has 0 spiro atoms. The number of aliphatic hydroxyl groups excluding tert-OH is 1. The van der Waals surface area contributed by atoms with Crippen molar-refractivity contribution in [1.82, 2.24) is 0 Å². The van der Waals surface area contributed by atoms with Gasteiger partial charge >= 0.3 is 0 Å². The molecule has 0 radical (unpaired) electrons. The maximum atomic E-state index is 9.73. The number of hydrogen-bond acceptors (Lipinski definition) is 2. The van der Waals surface area contributed by atoms with E-state index in [1.54, 1.807) is 12.1 Å². The molecule has 0 aliphatic heterocycles. The molecule has 0 amide bonds. The fraction of sp³-hybridized carbons (Fsp3) is 0.273. The van der Waals surface area contributed by atoms with Crippen molar-refractivity contribution >= 4 is 0 Å². The van der Waals surface area contributed by atoms with E-state index in [1.807, 2.05) is 18.2 Å². The highest BCUT2D eigenvalue weighted by Gasteiger charge is 2.27. The van der Waals surface area contributed by atoms with Crippen LogP contribution >= 0.6 is 0 Å². The van der Waals surface area contributed by atoms with E-state index >= 15 is 0 Å². The van der Waals surface area contributed by atoms with Gasteiger partial charge in [0, 0.05) is 0 Å². The summed E-state index contributed by atoms with van der Waals surface area (Å²) in [4.78, 5) is 0. The lowest BCUT2D eigenvalue weighted by Gasteiger charge is -2.25. The Morgan fingerprint density at radius 2 is 1.92 bits per heavy atom. The Hall–Kier alpha value is -1.12. The van der Waals surface area contributed by atoms with Crippen molar-refractivity contribution in [1.29, 1.82) is 0 Å². The Morgan fingerprint density at radius 3 is 2.38 bits per heavy atom. The van der Waals surface area contributed by atoms with Gasteiger partial charge in [-0.15, -0.1) is 6.58 Å². The third kappa shape index (κ3) is 2.17. The van der Waals surface area contributed by atoms with Crippen LogP contribution in [0.5, 0.6) is 0 Å². The van der Waals surface area contributed by atoms with Crippen LogP contribution in [-0.4, -0.2) is 15.8 Å². The topological polar surface area (TPSA) is 40.5 Å². The van der Waals surface area contributed by atoms with Gasteiger partial charge in [0.15, 0.2) is 0 Å². The summed E-state index contributed by atoms with van der Waals surface area (Å²) in [6.07, 6.45) is 0.413. The molecule has 1 aromatic rings. The molecule has 0 heterocycles. The molecule has 2 N–H and O–H groups in total. The average Bonchev–Trinajstić information content (AvgIpc) is 2.18. The summed E-state index contributed by atoms with van der Waals surface area (Å²) in [5, 5.41) is 19.4. The minimum Gasteiger partial charge on any atom is -0.385 e. The first-order valence-electron chi connectivity index (χ1n) is 4.17. The van der Waals surface area contributed by atoms with Crippen LogP contribution in [-0.2, 0) is 0 Å². The van der Waals surface area contributed by atoms with Gasteiger partial charge < -0.3 is 10.2 Å². The third-order valence-electron chi connectivity index (χ3n) is 2.08. The molecule has 0 aromatic heterocycles. The highest BCUT2D eigenvalue weighted by Crippen LogP contribution is 2.25. The van der Waals surface area contributed by atoms with E-state index in [0.717, 1.165) is 0 Å². The highest BCUT2D eigenvalue weighted by atomic mass is 16.3. The van der Waals surface area contributed by atoms with Crippen LogP contribution in [0.3, 0.4) is 0 Å². The van der Waals surface area contributed by atoms with Gasteiger partial charge in [-0.2, -0.15) is 0 Å². The van der Waals surface area contributed by atoms with Crippen LogP contribution in [0.1, 0.15) is 18.6 Å². The standard InChI is InChI=1S/C11H14O2/c1-3-11(2,13)10(12)9-7-5-4-6-8-9/h3-8,10,12-13H,1H2,2H3. The van der Waals surface area contributed by atoms with E-state index in [0.29, 0.717) is 5.56 Å². The van der Waals surface area contributed by atoms with Crippen molar-refractivity contribution in [3.8, 4) is 0 Å². The van der Waals surface area contributed by atoms with Crippen LogP contribution in [0.15, 0.2) is 43.0 Å². The molecule has 1 aromatic carbocycles. The Morgan fingerprint density at radius 1 is 1.38 bits per heavy atom. The second-order valence-electron chi connectivity index (χ2n) is 3.24. The van der Waals surface area contributed by atoms with Gasteiger partial charge in [0.1, 0.15) is 11.7 Å². The van der Waals surface area contributed by atoms with Gasteiger partial charge in [0.05, 0.1) is 0 Å². The van der Waals surface area contributed by atoms with Crippen molar-refractivity contribution in [3.05, 3.63) is 48.6 Å². The zero-order chi connectivity index (χ0) is 9.90. The van der Waals surface area contributed by atoms with Crippen molar-refractivity contribution < 1.29 is 10.2 Å². The molecule has 0 saturated carbocycles. The lowest BCUT2D eigenvalue weighted by molar-refractivity contribution is -0.0275. The molecule has 0 aliphatic rings. The highest BCUT2D eigenvalue weighted by molar-refractivity contribution is 5.21. The van der Waals surface area contributed by atoms with Gasteiger partial charge in [-0.05, 0) is 12.5 Å². The molecule has 0 saturated heterocycles. The molecule has 2 atom stereocenters. The second kappa shape index (κ2) is 3.73. The van der Waals surface area contributed by atoms with E-state index in [-0.39, 0.29) is 0 Å². The third-order valence-corrected chi connectivity index (χ3v) is 2.08. The van der Waals surface area contributed by atoms with Crippen LogP contribution in [0.2, 0.25) is 0 Å². The fourth-order valence-electron chi connectivity index (χ4n) is 1.08. The van der Waals surface area contributed by atoms with E-state index in [1.165, 1.54) is 13.0 Å². The van der Waals surface area contributed by atoms with Gasteiger partial charge in [0.2, 0.25) is 0 Å². The maximum Gasteiger partial charge on any atom is 0.111 e. The van der Waals surface area contributed by atoms with E-state index in [2.05, 4.69) is 6.58 Å². The largest absolute Gasteiger partial charge is 0.385 e. The van der Waals surface area contributed by atoms with Gasteiger partial charge in [-0.1, -0.05) is 36.4 Å². The molecular formula is C11H14O2. The minimum atomic E-state index is -1.28. The van der Waals surface area contributed by atoms with Gasteiger partial charge in [-0.3, -0.25) is 0 Å². The van der Waals surface area contributed by atoms with Gasteiger partial charge in [-0.25, -0.2) is 0 Å². The van der Waals surface area contributed by atoms with Crippen LogP contribution in [0.4, 0.5) is 0 Å². The summed E-state index contributed by atoms with van der Waals surface area (Å²) in [5.41, 5.74) is -0.589. The van der Waals surface area contributed by atoms with E-state index in [4.69, 9.17) is 0 Å². The summed E-state index contributed by atoms with van der Waals surface area (Å²) < 4.78 is 0. The van der Waals surface area contributed by atoms with Crippen molar-refractivity contribution in [2.24, 2.45) is 0 Å². The maximum absolute atomic E-state index is 9.73. The Balaban J connectivity index is 2.91. The summed E-state index contributed by atoms with van der Waals surface area (Å²) in [5.74, 6) is 0. The van der Waals surface area contributed by atoms with Crippen molar-refractivity contribution in [2.45, 2.75) is 18.6 Å². The first kappa shape index (κ1) is 9.96. The molecule has 0 fully saturated rings. The minimum absolute atomic E-state index is 0.687. The molecule has 2 heteroatoms. The summed E-state index contributed by atoms with van der Waals surface area (Å²) in [7, 11) is 0. The molecular weight excluding hydrogens is 164 g/mol. The Bertz CT molecular complexity index is 277. The molecule has 13 heavy (non-hydrogen) atoms. The Kier molecular flexibility index (Phi) is 2.86. The van der Waals surface area contributed by atoms with Crippen LogP contribution in [0.25, 0.3) is 0 Å². The lowest BCUT2D eigenvalue weighted by Crippen LogP contribution is -2.29. The van der Waals surface area contributed by atoms with Crippen LogP contribution in [0, 0.1) is 0 Å². The van der Waals surface area contributed by atoms with Gasteiger partial charge in [0.25, 0.3) is 0 Å². The number of rotatable bonds is 3. The monoisotopic (exact) mass is 178 g/mol. The molecule has 2 unspecified atom stereocenters. The SMILES string of the molecule is C=CC(C)(O)C(O)c1ccccc1. The zero-order valence-electron chi connectivity index (χ0n) is 7.64. The normalized spacial score (nSPS) is 17.5.